The Morgan fingerprint density at radius 2 is 1.71 bits per heavy atom. The van der Waals surface area contributed by atoms with Crippen molar-refractivity contribution in [2.24, 2.45) is 5.73 Å². The molecule has 4 aromatic rings. The van der Waals surface area contributed by atoms with E-state index in [9.17, 15) is 32.3 Å². The molecule has 3 N–H and O–H groups in total. The molecule has 0 radical (unpaired) electrons. The van der Waals surface area contributed by atoms with Gasteiger partial charge in [-0.15, -0.1) is 0 Å². The van der Waals surface area contributed by atoms with Crippen molar-refractivity contribution in [2.45, 2.75) is 26.6 Å². The van der Waals surface area contributed by atoms with Crippen LogP contribution < -0.4 is 16.2 Å². The minimum absolute atomic E-state index is 0.0358. The Hall–Kier alpha value is -5.21. The number of aromatic nitrogens is 4. The Morgan fingerprint density at radius 1 is 1.05 bits per heavy atom. The van der Waals surface area contributed by atoms with Crippen LogP contribution in [0.2, 0.25) is 0 Å². The Morgan fingerprint density at radius 3 is 2.32 bits per heavy atom. The standard InChI is InChI=1S/C26H23F3N6O6/c1-3-40-23(37)14-5-7-16(8-6-14)35(25(30)39)12-15-11-34(13-31-15)20-10-19-18(9-17(20)26(27,28)29)33-22(36)21(32-19)24(38)41-4-2/h5-11,13H,3-4,12H2,1-2H3,(H2,30,39)(H,33,36). The maximum absolute atomic E-state index is 14.0. The van der Waals surface area contributed by atoms with E-state index in [2.05, 4.69) is 15.0 Å². The monoisotopic (exact) mass is 572 g/mol. The molecule has 15 heteroatoms. The van der Waals surface area contributed by atoms with Gasteiger partial charge in [-0.3, -0.25) is 9.69 Å². The molecule has 0 saturated heterocycles. The number of nitrogens with two attached hydrogens (primary N) is 1. The van der Waals surface area contributed by atoms with Gasteiger partial charge in [0.25, 0.3) is 5.56 Å². The van der Waals surface area contributed by atoms with E-state index in [0.717, 1.165) is 21.9 Å². The summed E-state index contributed by atoms with van der Waals surface area (Å²) in [6, 6.07) is 6.68. The van der Waals surface area contributed by atoms with Crippen molar-refractivity contribution in [3.63, 3.8) is 0 Å². The number of fused-ring (bicyclic) bond motifs is 1. The molecule has 0 aliphatic rings. The second kappa shape index (κ2) is 11.5. The van der Waals surface area contributed by atoms with Gasteiger partial charge < -0.3 is 24.8 Å². The van der Waals surface area contributed by atoms with Gasteiger partial charge in [-0.2, -0.15) is 13.2 Å². The summed E-state index contributed by atoms with van der Waals surface area (Å²) in [6.45, 7) is 3.12. The van der Waals surface area contributed by atoms with E-state index in [4.69, 9.17) is 15.2 Å². The number of rotatable bonds is 8. The summed E-state index contributed by atoms with van der Waals surface area (Å²) in [5, 5.41) is 0. The van der Waals surface area contributed by atoms with Crippen molar-refractivity contribution < 1.29 is 37.0 Å². The number of carbonyl (C=O) groups excluding carboxylic acids is 3. The fraction of sp³-hybridized carbons (Fsp3) is 0.231. The fourth-order valence-electron chi connectivity index (χ4n) is 3.93. The minimum atomic E-state index is -4.84. The molecule has 2 heterocycles. The summed E-state index contributed by atoms with van der Waals surface area (Å²) in [5.41, 5.74) is 2.79. The molecular formula is C26H23F3N6O6. The van der Waals surface area contributed by atoms with Crippen molar-refractivity contribution in [3.8, 4) is 5.69 Å². The maximum Gasteiger partial charge on any atom is 0.418 e. The number of H-pyrrole nitrogens is 1. The number of hydrogen-bond donors (Lipinski definition) is 2. The third kappa shape index (κ3) is 6.18. The van der Waals surface area contributed by atoms with Gasteiger partial charge in [-0.1, -0.05) is 0 Å². The Kier molecular flexibility index (Phi) is 8.07. The molecule has 2 aromatic carbocycles. The van der Waals surface area contributed by atoms with Crippen LogP contribution >= 0.6 is 0 Å². The van der Waals surface area contributed by atoms with Gasteiger partial charge in [0.05, 0.1) is 59.6 Å². The number of nitrogens with one attached hydrogen (secondary N) is 1. The number of anilines is 1. The average molecular weight is 573 g/mol. The van der Waals surface area contributed by atoms with E-state index < -0.39 is 46.7 Å². The predicted octanol–water partition coefficient (Wildman–Crippen LogP) is 3.57. The van der Waals surface area contributed by atoms with Gasteiger partial charge in [-0.05, 0) is 50.2 Å². The summed E-state index contributed by atoms with van der Waals surface area (Å²) >= 11 is 0. The number of alkyl halides is 3. The number of amides is 2. The van der Waals surface area contributed by atoms with E-state index in [1.807, 2.05) is 0 Å². The molecule has 2 amide bonds. The normalized spacial score (nSPS) is 11.3. The van der Waals surface area contributed by atoms with E-state index in [0.29, 0.717) is 11.8 Å². The number of imidazole rings is 1. The number of hydrogen-bond acceptors (Lipinski definition) is 8. The number of ether oxygens (including phenoxy) is 2. The minimum Gasteiger partial charge on any atom is -0.462 e. The number of urea groups is 1. The van der Waals surface area contributed by atoms with Crippen LogP contribution in [-0.4, -0.2) is 50.7 Å². The number of primary amides is 1. The van der Waals surface area contributed by atoms with E-state index >= 15 is 0 Å². The van der Waals surface area contributed by atoms with E-state index in [1.54, 1.807) is 6.92 Å². The van der Waals surface area contributed by atoms with Crippen LogP contribution in [0.4, 0.5) is 23.7 Å². The highest BCUT2D eigenvalue weighted by Gasteiger charge is 2.35. The van der Waals surface area contributed by atoms with Crippen LogP contribution in [0.3, 0.4) is 0 Å². The molecule has 2 aromatic heterocycles. The largest absolute Gasteiger partial charge is 0.462 e. The first-order valence-corrected chi connectivity index (χ1v) is 12.1. The van der Waals surface area contributed by atoms with Crippen molar-refractivity contribution in [1.82, 2.24) is 19.5 Å². The van der Waals surface area contributed by atoms with Crippen LogP contribution in [0.25, 0.3) is 16.7 Å². The highest BCUT2D eigenvalue weighted by atomic mass is 19.4. The third-order valence-electron chi connectivity index (χ3n) is 5.77. The second-order valence-electron chi connectivity index (χ2n) is 8.48. The zero-order valence-corrected chi connectivity index (χ0v) is 21.7. The number of nitrogens with zero attached hydrogens (tertiary/aromatic N) is 4. The molecule has 0 atom stereocenters. The molecule has 12 nitrogen and oxygen atoms in total. The van der Waals surface area contributed by atoms with Gasteiger partial charge in [0.2, 0.25) is 5.69 Å². The Balaban J connectivity index is 1.71. The SMILES string of the molecule is CCOC(=O)c1ccc(N(Cc2cn(-c3cc4nc(C(=O)OCC)c(=O)[nH]c4cc3C(F)(F)F)cn2)C(N)=O)cc1. The quantitative estimate of drug-likeness (QED) is 0.303. The number of esters is 2. The molecular weight excluding hydrogens is 549 g/mol. The van der Waals surface area contributed by atoms with Crippen LogP contribution in [0.5, 0.6) is 0 Å². The lowest BCUT2D eigenvalue weighted by molar-refractivity contribution is -0.137. The van der Waals surface area contributed by atoms with Crippen LogP contribution in [0.15, 0.2) is 53.7 Å². The lowest BCUT2D eigenvalue weighted by Gasteiger charge is -2.19. The van der Waals surface area contributed by atoms with Crippen molar-refractivity contribution in [3.05, 3.63) is 81.8 Å². The molecule has 0 saturated carbocycles. The summed E-state index contributed by atoms with van der Waals surface area (Å²) in [5.74, 6) is -1.57. The first-order chi connectivity index (χ1) is 19.4. The van der Waals surface area contributed by atoms with Crippen molar-refractivity contribution in [1.29, 1.82) is 0 Å². The number of halogens is 3. The average Bonchev–Trinajstić information content (AvgIpc) is 3.39. The molecule has 214 valence electrons. The van der Waals surface area contributed by atoms with Crippen molar-refractivity contribution >= 4 is 34.7 Å². The number of aromatic amines is 1. The molecule has 0 aliphatic heterocycles. The van der Waals surface area contributed by atoms with Crippen LogP contribution in [-0.2, 0) is 22.2 Å². The zero-order valence-electron chi connectivity index (χ0n) is 21.7. The van der Waals surface area contributed by atoms with Gasteiger partial charge in [0, 0.05) is 11.9 Å². The maximum atomic E-state index is 14.0. The van der Waals surface area contributed by atoms with Crippen LogP contribution in [0, 0.1) is 0 Å². The van der Waals surface area contributed by atoms with E-state index in [1.165, 1.54) is 37.4 Å². The third-order valence-corrected chi connectivity index (χ3v) is 5.77. The van der Waals surface area contributed by atoms with Gasteiger partial charge >= 0.3 is 24.1 Å². The summed E-state index contributed by atoms with van der Waals surface area (Å²) < 4.78 is 52.9. The molecule has 0 unspecified atom stereocenters. The first-order valence-electron chi connectivity index (χ1n) is 12.1. The molecule has 41 heavy (non-hydrogen) atoms. The van der Waals surface area contributed by atoms with Gasteiger partial charge in [0.1, 0.15) is 0 Å². The molecule has 4 rings (SSSR count). The summed E-state index contributed by atoms with van der Waals surface area (Å²) in [6.07, 6.45) is -2.48. The molecule has 0 spiro atoms. The number of carbonyl (C=O) groups is 3. The smallest absolute Gasteiger partial charge is 0.418 e. The van der Waals surface area contributed by atoms with Gasteiger partial charge in [0.15, 0.2) is 0 Å². The number of benzene rings is 2. The van der Waals surface area contributed by atoms with E-state index in [-0.39, 0.29) is 42.0 Å². The fourth-order valence-corrected chi connectivity index (χ4v) is 3.93. The molecule has 0 fully saturated rings. The highest BCUT2D eigenvalue weighted by Crippen LogP contribution is 2.36. The summed E-state index contributed by atoms with van der Waals surface area (Å²) in [7, 11) is 0. The topological polar surface area (TPSA) is 162 Å². The van der Waals surface area contributed by atoms with Gasteiger partial charge in [-0.25, -0.2) is 24.4 Å². The summed E-state index contributed by atoms with van der Waals surface area (Å²) in [4.78, 5) is 59.8. The van der Waals surface area contributed by atoms with Crippen LogP contribution in [0.1, 0.15) is 46.0 Å². The lowest BCUT2D eigenvalue weighted by atomic mass is 10.1. The Bertz CT molecular complexity index is 1680. The molecule has 0 aliphatic carbocycles. The lowest BCUT2D eigenvalue weighted by Crippen LogP contribution is -2.35. The van der Waals surface area contributed by atoms with Crippen molar-refractivity contribution in [2.75, 3.05) is 18.1 Å². The predicted molar refractivity (Wildman–Crippen MR) is 139 cm³/mol. The highest BCUT2D eigenvalue weighted by molar-refractivity contribution is 5.93. The Labute approximate surface area is 229 Å². The second-order valence-corrected chi connectivity index (χ2v) is 8.48. The molecule has 0 bridgehead atoms. The first kappa shape index (κ1) is 28.8. The zero-order chi connectivity index (χ0) is 29.9.